The summed E-state index contributed by atoms with van der Waals surface area (Å²) in [6.07, 6.45) is 2.67. The number of nitrogens with zero attached hydrogens (tertiary/aromatic N) is 1. The van der Waals surface area contributed by atoms with Crippen molar-refractivity contribution in [3.05, 3.63) is 33.7 Å². The van der Waals surface area contributed by atoms with Gasteiger partial charge in [0.1, 0.15) is 22.7 Å². The van der Waals surface area contributed by atoms with E-state index in [1.54, 1.807) is 11.0 Å². The smallest absolute Gasteiger partial charge is 0.336 e. The zero-order chi connectivity index (χ0) is 23.0. The number of ether oxygens (including phenoxy) is 3. The molecule has 1 aromatic carbocycles. The molecule has 0 spiro atoms. The molecule has 1 fully saturated rings. The molecule has 2 aromatic rings. The van der Waals surface area contributed by atoms with E-state index in [0.717, 1.165) is 24.0 Å². The van der Waals surface area contributed by atoms with E-state index in [0.29, 0.717) is 48.4 Å². The van der Waals surface area contributed by atoms with Crippen LogP contribution < -0.4 is 15.1 Å². The highest BCUT2D eigenvalue weighted by Crippen LogP contribution is 2.42. The van der Waals surface area contributed by atoms with Crippen molar-refractivity contribution in [1.29, 1.82) is 0 Å². The van der Waals surface area contributed by atoms with Gasteiger partial charge in [-0.2, -0.15) is 0 Å². The summed E-state index contributed by atoms with van der Waals surface area (Å²) in [6, 6.07) is 3.22. The molecule has 2 aliphatic heterocycles. The topological polar surface area (TPSA) is 95.3 Å². The van der Waals surface area contributed by atoms with Crippen LogP contribution in [-0.4, -0.2) is 49.2 Å². The molecule has 8 nitrogen and oxygen atoms in total. The minimum atomic E-state index is -0.427. The SMILES string of the molecule is COC(=O)C1CCN(C(=O)COc2cc3c(c4oc(=O)cc(C)c24)CCC(C)(C)O3)CC1. The van der Waals surface area contributed by atoms with Gasteiger partial charge in [-0.05, 0) is 52.0 Å². The third-order valence-electron chi connectivity index (χ3n) is 6.34. The molecule has 0 saturated carbocycles. The Hall–Kier alpha value is -3.03. The average Bonchev–Trinajstić information content (AvgIpc) is 2.75. The highest BCUT2D eigenvalue weighted by Gasteiger charge is 2.31. The second kappa shape index (κ2) is 8.48. The van der Waals surface area contributed by atoms with Gasteiger partial charge in [-0.15, -0.1) is 0 Å². The van der Waals surface area contributed by atoms with Gasteiger partial charge >= 0.3 is 11.6 Å². The van der Waals surface area contributed by atoms with E-state index in [2.05, 4.69) is 0 Å². The van der Waals surface area contributed by atoms with Gasteiger partial charge in [0, 0.05) is 30.8 Å². The van der Waals surface area contributed by atoms with Gasteiger partial charge in [0.05, 0.1) is 18.4 Å². The quantitative estimate of drug-likeness (QED) is 0.529. The number of benzene rings is 1. The van der Waals surface area contributed by atoms with Crippen LogP contribution in [0.3, 0.4) is 0 Å². The number of esters is 1. The number of carbonyl (C=O) groups excluding carboxylic acids is 2. The Bertz CT molecular complexity index is 1110. The fourth-order valence-corrected chi connectivity index (χ4v) is 4.50. The number of likely N-dealkylation sites (tertiary alicyclic amines) is 1. The van der Waals surface area contributed by atoms with Crippen molar-refractivity contribution >= 4 is 22.8 Å². The van der Waals surface area contributed by atoms with Gasteiger partial charge in [-0.3, -0.25) is 9.59 Å². The molecular formula is C24H29NO7. The Morgan fingerprint density at radius 1 is 1.22 bits per heavy atom. The van der Waals surface area contributed by atoms with Crippen LogP contribution in [-0.2, 0) is 20.7 Å². The van der Waals surface area contributed by atoms with Crippen LogP contribution in [0, 0.1) is 12.8 Å². The molecule has 0 radical (unpaired) electrons. The van der Waals surface area contributed by atoms with Crippen LogP contribution in [0.5, 0.6) is 11.5 Å². The molecule has 0 aliphatic carbocycles. The largest absolute Gasteiger partial charge is 0.487 e. The molecule has 8 heteroatoms. The Morgan fingerprint density at radius 2 is 1.94 bits per heavy atom. The number of amides is 1. The minimum absolute atomic E-state index is 0.154. The van der Waals surface area contributed by atoms with Crippen LogP contribution in [0.1, 0.15) is 44.2 Å². The van der Waals surface area contributed by atoms with Crippen molar-refractivity contribution in [1.82, 2.24) is 4.90 Å². The predicted molar refractivity (Wildman–Crippen MR) is 117 cm³/mol. The maximum atomic E-state index is 12.8. The summed E-state index contributed by atoms with van der Waals surface area (Å²) in [5, 5.41) is 0.684. The predicted octanol–water partition coefficient (Wildman–Crippen LogP) is 3.00. The number of aryl methyl sites for hydroxylation is 2. The lowest BCUT2D eigenvalue weighted by Crippen LogP contribution is -2.42. The van der Waals surface area contributed by atoms with E-state index in [9.17, 15) is 14.4 Å². The summed E-state index contributed by atoms with van der Waals surface area (Å²) in [6.45, 7) is 6.66. The number of hydrogen-bond acceptors (Lipinski definition) is 7. The number of carbonyl (C=O) groups is 2. The molecule has 1 amide bonds. The van der Waals surface area contributed by atoms with Crippen LogP contribution >= 0.6 is 0 Å². The molecule has 1 aromatic heterocycles. The molecule has 0 bridgehead atoms. The third-order valence-corrected chi connectivity index (χ3v) is 6.34. The van der Waals surface area contributed by atoms with Gasteiger partial charge in [0.2, 0.25) is 0 Å². The summed E-state index contributed by atoms with van der Waals surface area (Å²) in [4.78, 5) is 38.2. The summed E-state index contributed by atoms with van der Waals surface area (Å²) < 4.78 is 22.5. The summed E-state index contributed by atoms with van der Waals surface area (Å²) in [5.74, 6) is 0.518. The lowest BCUT2D eigenvalue weighted by atomic mass is 9.92. The standard InChI is InChI=1S/C24H29NO7/c1-14-11-20(27)31-22-16-5-8-24(2,3)32-17(16)12-18(21(14)22)30-13-19(26)25-9-6-15(7-10-25)23(28)29-4/h11-12,15H,5-10,13H2,1-4H3. The number of rotatable bonds is 4. The molecule has 1 saturated heterocycles. The number of piperidine rings is 1. The number of methoxy groups -OCH3 is 1. The van der Waals surface area contributed by atoms with Gasteiger partial charge in [-0.1, -0.05) is 0 Å². The second-order valence-electron chi connectivity index (χ2n) is 9.13. The lowest BCUT2D eigenvalue weighted by molar-refractivity contribution is -0.149. The van der Waals surface area contributed by atoms with Crippen LogP contribution in [0.2, 0.25) is 0 Å². The molecule has 2 aliphatic rings. The second-order valence-corrected chi connectivity index (χ2v) is 9.13. The molecule has 32 heavy (non-hydrogen) atoms. The molecule has 0 N–H and O–H groups in total. The molecule has 0 atom stereocenters. The van der Waals surface area contributed by atoms with Crippen molar-refractivity contribution in [2.75, 3.05) is 26.8 Å². The Balaban J connectivity index is 1.56. The first-order valence-electron chi connectivity index (χ1n) is 11.0. The fraction of sp³-hybridized carbons (Fsp3) is 0.542. The third kappa shape index (κ3) is 4.31. The van der Waals surface area contributed by atoms with Crippen LogP contribution in [0.4, 0.5) is 0 Å². The lowest BCUT2D eigenvalue weighted by Gasteiger charge is -2.33. The zero-order valence-electron chi connectivity index (χ0n) is 19.0. The first-order valence-corrected chi connectivity index (χ1v) is 11.0. The normalized spacial score (nSPS) is 18.1. The van der Waals surface area contributed by atoms with Crippen LogP contribution in [0.15, 0.2) is 21.3 Å². The molecule has 3 heterocycles. The van der Waals surface area contributed by atoms with Crippen LogP contribution in [0.25, 0.3) is 11.0 Å². The van der Waals surface area contributed by atoms with Gasteiger partial charge < -0.3 is 23.5 Å². The zero-order valence-corrected chi connectivity index (χ0v) is 19.0. The fourth-order valence-electron chi connectivity index (χ4n) is 4.50. The van der Waals surface area contributed by atoms with E-state index in [1.807, 2.05) is 20.8 Å². The van der Waals surface area contributed by atoms with E-state index >= 15 is 0 Å². The number of fused-ring (bicyclic) bond motifs is 3. The molecule has 0 unspecified atom stereocenters. The van der Waals surface area contributed by atoms with E-state index in [1.165, 1.54) is 13.2 Å². The van der Waals surface area contributed by atoms with Crippen molar-refractivity contribution in [2.24, 2.45) is 5.92 Å². The van der Waals surface area contributed by atoms with Gasteiger partial charge in [0.25, 0.3) is 5.91 Å². The Labute approximate surface area is 186 Å². The maximum Gasteiger partial charge on any atom is 0.336 e. The van der Waals surface area contributed by atoms with Gasteiger partial charge in [-0.25, -0.2) is 4.79 Å². The summed E-state index contributed by atoms with van der Waals surface area (Å²) >= 11 is 0. The summed E-state index contributed by atoms with van der Waals surface area (Å²) in [5.41, 5.74) is 1.27. The van der Waals surface area contributed by atoms with E-state index < -0.39 is 5.63 Å². The average molecular weight is 443 g/mol. The van der Waals surface area contributed by atoms with E-state index in [4.69, 9.17) is 18.6 Å². The first-order chi connectivity index (χ1) is 15.2. The van der Waals surface area contributed by atoms with Crippen molar-refractivity contribution in [3.63, 3.8) is 0 Å². The maximum absolute atomic E-state index is 12.8. The minimum Gasteiger partial charge on any atom is -0.487 e. The van der Waals surface area contributed by atoms with Crippen molar-refractivity contribution in [3.8, 4) is 11.5 Å². The Morgan fingerprint density at radius 3 is 2.62 bits per heavy atom. The number of hydrogen-bond donors (Lipinski definition) is 0. The summed E-state index contributed by atoms with van der Waals surface area (Å²) in [7, 11) is 1.38. The first kappa shape index (κ1) is 22.2. The van der Waals surface area contributed by atoms with Gasteiger partial charge in [0.15, 0.2) is 6.61 Å². The highest BCUT2D eigenvalue weighted by molar-refractivity contribution is 5.91. The highest BCUT2D eigenvalue weighted by atomic mass is 16.5. The monoisotopic (exact) mass is 443 g/mol. The molecular weight excluding hydrogens is 414 g/mol. The Kier molecular flexibility index (Phi) is 5.88. The van der Waals surface area contributed by atoms with Crippen molar-refractivity contribution in [2.45, 2.75) is 52.1 Å². The van der Waals surface area contributed by atoms with Crippen molar-refractivity contribution < 1.29 is 28.2 Å². The molecule has 4 rings (SSSR count). The molecule has 172 valence electrons. The van der Waals surface area contributed by atoms with E-state index in [-0.39, 0.29) is 30.0 Å².